The van der Waals surface area contributed by atoms with Crippen LogP contribution in [0.3, 0.4) is 0 Å². The Balaban J connectivity index is 2.36. The van der Waals surface area contributed by atoms with Crippen molar-refractivity contribution in [3.63, 3.8) is 0 Å². The molecular formula is C25H31N5O6. The standard InChI is InChI=1S/C25H31N5O6/c1-15(31)28-20(9-5-6-12-26)25(36)29-17-10-11-18(19(13-17)16-7-3-2-4-8-16)24(35)30-21(23(27)34)14-22(32)33/h2-4,7-8,10-11,13,20-21H,5-6,9,12,14,26H2,1H3,(H2,27,34)(H,28,31)(H,29,36)(H,30,35)(H,32,33)/t20?,21-/m0/s1. The monoisotopic (exact) mass is 497 g/mol. The molecule has 36 heavy (non-hydrogen) atoms. The number of nitrogens with one attached hydrogen (secondary N) is 3. The number of carboxylic acid groups (broad SMARTS) is 1. The van der Waals surface area contributed by atoms with Gasteiger partial charge in [-0.1, -0.05) is 30.3 Å². The molecule has 0 aromatic heterocycles. The van der Waals surface area contributed by atoms with Gasteiger partial charge in [0.15, 0.2) is 0 Å². The lowest BCUT2D eigenvalue weighted by atomic mass is 9.97. The molecule has 0 aliphatic heterocycles. The summed E-state index contributed by atoms with van der Waals surface area (Å²) in [5.41, 5.74) is 12.4. The average Bonchev–Trinajstić information content (AvgIpc) is 2.83. The molecule has 2 aromatic carbocycles. The zero-order valence-corrected chi connectivity index (χ0v) is 20.0. The predicted octanol–water partition coefficient (Wildman–Crippen LogP) is 0.984. The molecule has 0 bridgehead atoms. The molecule has 0 fully saturated rings. The van der Waals surface area contributed by atoms with Crippen LogP contribution in [0.1, 0.15) is 43.0 Å². The van der Waals surface area contributed by atoms with Crippen LogP contribution < -0.4 is 27.4 Å². The second-order valence-electron chi connectivity index (χ2n) is 8.18. The van der Waals surface area contributed by atoms with Crippen molar-refractivity contribution in [1.29, 1.82) is 0 Å². The van der Waals surface area contributed by atoms with Crippen molar-refractivity contribution in [2.45, 2.75) is 44.7 Å². The third-order valence-corrected chi connectivity index (χ3v) is 5.28. The van der Waals surface area contributed by atoms with E-state index in [0.717, 1.165) is 0 Å². The van der Waals surface area contributed by atoms with Gasteiger partial charge in [0.2, 0.25) is 17.7 Å². The highest BCUT2D eigenvalue weighted by atomic mass is 16.4. The molecule has 0 spiro atoms. The fourth-order valence-corrected chi connectivity index (χ4v) is 3.55. The lowest BCUT2D eigenvalue weighted by Crippen LogP contribution is -2.45. The van der Waals surface area contributed by atoms with Gasteiger partial charge in [-0.2, -0.15) is 0 Å². The summed E-state index contributed by atoms with van der Waals surface area (Å²) in [6.07, 6.45) is 1.11. The van der Waals surface area contributed by atoms with E-state index in [0.29, 0.717) is 42.6 Å². The van der Waals surface area contributed by atoms with Crippen LogP contribution in [-0.4, -0.2) is 53.3 Å². The van der Waals surface area contributed by atoms with Crippen LogP contribution in [0.25, 0.3) is 11.1 Å². The molecular weight excluding hydrogens is 466 g/mol. The third-order valence-electron chi connectivity index (χ3n) is 5.28. The fraction of sp³-hybridized carbons (Fsp3) is 0.320. The number of benzene rings is 2. The zero-order chi connectivity index (χ0) is 26.7. The Morgan fingerprint density at radius 2 is 1.64 bits per heavy atom. The summed E-state index contributed by atoms with van der Waals surface area (Å²) in [6.45, 7) is 1.80. The topological polar surface area (TPSA) is 194 Å². The second kappa shape index (κ2) is 13.6. The molecule has 0 radical (unpaired) electrons. The summed E-state index contributed by atoms with van der Waals surface area (Å²) in [6, 6.07) is 11.2. The summed E-state index contributed by atoms with van der Waals surface area (Å²) in [7, 11) is 0. The van der Waals surface area contributed by atoms with Gasteiger partial charge >= 0.3 is 5.97 Å². The molecule has 0 saturated carbocycles. The minimum atomic E-state index is -1.40. The lowest BCUT2D eigenvalue weighted by molar-refractivity contribution is -0.139. The molecule has 0 saturated heterocycles. The van der Waals surface area contributed by atoms with Gasteiger partial charge in [0.05, 0.1) is 6.42 Å². The fourth-order valence-electron chi connectivity index (χ4n) is 3.55. The number of amides is 4. The van der Waals surface area contributed by atoms with Gasteiger partial charge in [0.25, 0.3) is 5.91 Å². The van der Waals surface area contributed by atoms with E-state index in [1.165, 1.54) is 19.1 Å². The second-order valence-corrected chi connectivity index (χ2v) is 8.18. The number of carboxylic acids is 1. The van der Waals surface area contributed by atoms with Crippen molar-refractivity contribution in [3.8, 4) is 11.1 Å². The Morgan fingerprint density at radius 1 is 0.944 bits per heavy atom. The number of hydrogen-bond acceptors (Lipinski definition) is 6. The molecule has 2 atom stereocenters. The molecule has 2 aromatic rings. The van der Waals surface area contributed by atoms with Gasteiger partial charge in [-0.15, -0.1) is 0 Å². The van der Waals surface area contributed by atoms with Crippen molar-refractivity contribution in [1.82, 2.24) is 10.6 Å². The van der Waals surface area contributed by atoms with Gasteiger partial charge in [0, 0.05) is 18.2 Å². The summed E-state index contributed by atoms with van der Waals surface area (Å²) in [5, 5.41) is 16.8. The maximum atomic E-state index is 13.0. The highest BCUT2D eigenvalue weighted by Gasteiger charge is 2.24. The summed E-state index contributed by atoms with van der Waals surface area (Å²) in [5.74, 6) is -3.73. The molecule has 1 unspecified atom stereocenters. The van der Waals surface area contributed by atoms with Crippen molar-refractivity contribution in [2.24, 2.45) is 11.5 Å². The van der Waals surface area contributed by atoms with Gasteiger partial charge in [-0.25, -0.2) is 0 Å². The summed E-state index contributed by atoms with van der Waals surface area (Å²) < 4.78 is 0. The van der Waals surface area contributed by atoms with Crippen molar-refractivity contribution in [3.05, 3.63) is 54.1 Å². The summed E-state index contributed by atoms with van der Waals surface area (Å²) in [4.78, 5) is 60.1. The van der Waals surface area contributed by atoms with Crippen LogP contribution in [0.15, 0.2) is 48.5 Å². The number of primary amides is 1. The number of aliphatic carboxylic acids is 1. The molecule has 8 N–H and O–H groups in total. The van der Waals surface area contributed by atoms with E-state index in [2.05, 4.69) is 16.0 Å². The Hall–Kier alpha value is -4.25. The van der Waals surface area contributed by atoms with Gasteiger partial charge in [0.1, 0.15) is 12.1 Å². The first-order chi connectivity index (χ1) is 17.1. The van der Waals surface area contributed by atoms with E-state index in [-0.39, 0.29) is 11.5 Å². The third kappa shape index (κ3) is 8.51. The Labute approximate surface area is 208 Å². The van der Waals surface area contributed by atoms with E-state index < -0.39 is 42.2 Å². The van der Waals surface area contributed by atoms with Gasteiger partial charge < -0.3 is 32.5 Å². The van der Waals surface area contributed by atoms with Crippen molar-refractivity contribution < 1.29 is 29.1 Å². The molecule has 0 aliphatic rings. The molecule has 0 heterocycles. The van der Waals surface area contributed by atoms with E-state index in [4.69, 9.17) is 16.6 Å². The first kappa shape index (κ1) is 28.0. The Morgan fingerprint density at radius 3 is 2.22 bits per heavy atom. The first-order valence-corrected chi connectivity index (χ1v) is 11.4. The molecule has 11 nitrogen and oxygen atoms in total. The number of anilines is 1. The van der Waals surface area contributed by atoms with Crippen molar-refractivity contribution in [2.75, 3.05) is 11.9 Å². The normalized spacial score (nSPS) is 12.2. The molecule has 11 heteroatoms. The lowest BCUT2D eigenvalue weighted by Gasteiger charge is -2.19. The van der Waals surface area contributed by atoms with E-state index in [1.54, 1.807) is 36.4 Å². The largest absolute Gasteiger partial charge is 0.481 e. The molecule has 0 aliphatic carbocycles. The molecule has 4 amide bonds. The van der Waals surface area contributed by atoms with Crippen LogP contribution in [0, 0.1) is 0 Å². The Bertz CT molecular complexity index is 1110. The maximum Gasteiger partial charge on any atom is 0.305 e. The number of unbranched alkanes of at least 4 members (excludes halogenated alkanes) is 1. The van der Waals surface area contributed by atoms with Crippen LogP contribution in [0.5, 0.6) is 0 Å². The van der Waals surface area contributed by atoms with Crippen LogP contribution in [0.2, 0.25) is 0 Å². The number of hydrogen-bond donors (Lipinski definition) is 6. The van der Waals surface area contributed by atoms with Crippen molar-refractivity contribution >= 4 is 35.3 Å². The predicted molar refractivity (Wildman–Crippen MR) is 134 cm³/mol. The van der Waals surface area contributed by atoms with E-state index in [9.17, 15) is 24.0 Å². The highest BCUT2D eigenvalue weighted by molar-refractivity contribution is 6.05. The Kier molecular flexibility index (Phi) is 10.6. The number of nitrogens with two attached hydrogens (primary N) is 2. The number of rotatable bonds is 13. The van der Waals surface area contributed by atoms with Gasteiger partial charge in [-0.3, -0.25) is 24.0 Å². The average molecular weight is 498 g/mol. The first-order valence-electron chi connectivity index (χ1n) is 11.4. The van der Waals surface area contributed by atoms with Crippen LogP contribution in [-0.2, 0) is 19.2 Å². The van der Waals surface area contributed by atoms with Crippen LogP contribution in [0.4, 0.5) is 5.69 Å². The summed E-state index contributed by atoms with van der Waals surface area (Å²) >= 11 is 0. The maximum absolute atomic E-state index is 13.0. The highest BCUT2D eigenvalue weighted by Crippen LogP contribution is 2.27. The zero-order valence-electron chi connectivity index (χ0n) is 20.0. The molecule has 2 rings (SSSR count). The molecule has 192 valence electrons. The van der Waals surface area contributed by atoms with Gasteiger partial charge in [-0.05, 0) is 55.1 Å². The number of carbonyl (C=O) groups excluding carboxylic acids is 4. The number of carbonyl (C=O) groups is 5. The van der Waals surface area contributed by atoms with E-state index in [1.807, 2.05) is 0 Å². The van der Waals surface area contributed by atoms with E-state index >= 15 is 0 Å². The van der Waals surface area contributed by atoms with Crippen LogP contribution >= 0.6 is 0 Å². The SMILES string of the molecule is CC(=O)NC(CCCCN)C(=O)Nc1ccc(C(=O)N[C@@H](CC(=O)O)C(N)=O)c(-c2ccccc2)c1. The minimum absolute atomic E-state index is 0.150. The minimum Gasteiger partial charge on any atom is -0.481 e. The smallest absolute Gasteiger partial charge is 0.305 e. The quantitative estimate of drug-likeness (QED) is 0.222.